The standard InChI is InChI=1S/C22H24F3N3O4/c1-3-31-18(32-4-2)13-28-17-11-6-5-10-16(17)19(20(28)29)27-21(30)26-15-9-7-8-14(12-15)22(23,24)25/h5-12,18-19H,3-4,13H2,1-2H3,(H2,26,27,30). The van der Waals surface area contributed by atoms with Gasteiger partial charge in [0.15, 0.2) is 6.29 Å². The summed E-state index contributed by atoms with van der Waals surface area (Å²) in [6.07, 6.45) is -5.17. The van der Waals surface area contributed by atoms with E-state index in [9.17, 15) is 22.8 Å². The third-order valence-corrected chi connectivity index (χ3v) is 4.81. The molecular weight excluding hydrogens is 427 g/mol. The number of amides is 3. The molecule has 1 aliphatic heterocycles. The van der Waals surface area contributed by atoms with E-state index in [0.29, 0.717) is 24.5 Å². The number of hydrogen-bond acceptors (Lipinski definition) is 4. The number of alkyl halides is 3. The second-order valence-electron chi connectivity index (χ2n) is 6.96. The van der Waals surface area contributed by atoms with Gasteiger partial charge in [-0.2, -0.15) is 13.2 Å². The summed E-state index contributed by atoms with van der Waals surface area (Å²) >= 11 is 0. The predicted molar refractivity (Wildman–Crippen MR) is 112 cm³/mol. The number of carbonyl (C=O) groups is 2. The van der Waals surface area contributed by atoms with Crippen LogP contribution in [0.1, 0.15) is 31.0 Å². The summed E-state index contributed by atoms with van der Waals surface area (Å²) in [5.74, 6) is -0.394. The minimum Gasteiger partial charge on any atom is -0.351 e. The van der Waals surface area contributed by atoms with E-state index in [4.69, 9.17) is 9.47 Å². The van der Waals surface area contributed by atoms with Crippen molar-refractivity contribution in [3.63, 3.8) is 0 Å². The Labute approximate surface area is 183 Å². The summed E-state index contributed by atoms with van der Waals surface area (Å²) in [6.45, 7) is 4.55. The van der Waals surface area contributed by atoms with Gasteiger partial charge in [-0.3, -0.25) is 4.79 Å². The molecule has 172 valence electrons. The number of anilines is 2. The van der Waals surface area contributed by atoms with Gasteiger partial charge in [0.05, 0.1) is 12.1 Å². The maximum Gasteiger partial charge on any atom is 0.416 e. The highest BCUT2D eigenvalue weighted by Gasteiger charge is 2.39. The van der Waals surface area contributed by atoms with Crippen molar-refractivity contribution < 1.29 is 32.2 Å². The molecule has 0 aromatic heterocycles. The Kier molecular flexibility index (Phi) is 7.37. The van der Waals surface area contributed by atoms with Gasteiger partial charge in [-0.05, 0) is 38.1 Å². The number of benzene rings is 2. The molecular formula is C22H24F3N3O4. The topological polar surface area (TPSA) is 79.9 Å². The molecule has 2 aromatic carbocycles. The minimum atomic E-state index is -4.54. The van der Waals surface area contributed by atoms with Crippen LogP contribution in [0.5, 0.6) is 0 Å². The summed E-state index contributed by atoms with van der Waals surface area (Å²) < 4.78 is 49.8. The van der Waals surface area contributed by atoms with Crippen LogP contribution < -0.4 is 15.5 Å². The second kappa shape index (κ2) is 10.0. The lowest BCUT2D eigenvalue weighted by atomic mass is 10.1. The Morgan fingerprint density at radius 1 is 1.09 bits per heavy atom. The molecule has 0 radical (unpaired) electrons. The Hall–Kier alpha value is -3.11. The first kappa shape index (κ1) is 23.6. The molecule has 1 aliphatic rings. The number of para-hydroxylation sites is 1. The number of carbonyl (C=O) groups excluding carboxylic acids is 2. The highest BCUT2D eigenvalue weighted by Crippen LogP contribution is 2.36. The van der Waals surface area contributed by atoms with Crippen molar-refractivity contribution in [3.05, 3.63) is 59.7 Å². The van der Waals surface area contributed by atoms with Crippen LogP contribution in [0.2, 0.25) is 0 Å². The number of rotatable bonds is 8. The highest BCUT2D eigenvalue weighted by molar-refractivity contribution is 6.07. The molecule has 1 heterocycles. The Morgan fingerprint density at radius 2 is 1.78 bits per heavy atom. The van der Waals surface area contributed by atoms with Crippen LogP contribution in [-0.4, -0.2) is 38.0 Å². The lowest BCUT2D eigenvalue weighted by Gasteiger charge is -2.24. The van der Waals surface area contributed by atoms with E-state index < -0.39 is 36.0 Å². The lowest BCUT2D eigenvalue weighted by Crippen LogP contribution is -2.43. The quantitative estimate of drug-likeness (QED) is 0.586. The number of halogens is 3. The molecule has 32 heavy (non-hydrogen) atoms. The van der Waals surface area contributed by atoms with Gasteiger partial charge in [-0.1, -0.05) is 24.3 Å². The normalized spacial score (nSPS) is 15.8. The molecule has 0 saturated heterocycles. The number of nitrogens with zero attached hydrogens (tertiary/aromatic N) is 1. The van der Waals surface area contributed by atoms with Crippen molar-refractivity contribution in [2.75, 3.05) is 30.0 Å². The van der Waals surface area contributed by atoms with E-state index >= 15 is 0 Å². The van der Waals surface area contributed by atoms with Crippen molar-refractivity contribution in [1.82, 2.24) is 5.32 Å². The van der Waals surface area contributed by atoms with Crippen LogP contribution in [0.4, 0.5) is 29.3 Å². The molecule has 3 rings (SSSR count). The number of fused-ring (bicyclic) bond motifs is 1. The third kappa shape index (κ3) is 5.38. The van der Waals surface area contributed by atoms with Crippen molar-refractivity contribution in [2.45, 2.75) is 32.4 Å². The van der Waals surface area contributed by atoms with Gasteiger partial charge in [0.1, 0.15) is 6.04 Å². The first-order chi connectivity index (χ1) is 15.2. The van der Waals surface area contributed by atoms with Crippen molar-refractivity contribution in [1.29, 1.82) is 0 Å². The fraction of sp³-hybridized carbons (Fsp3) is 0.364. The molecule has 0 saturated carbocycles. The first-order valence-corrected chi connectivity index (χ1v) is 10.1. The molecule has 7 nitrogen and oxygen atoms in total. The number of nitrogens with one attached hydrogen (secondary N) is 2. The molecule has 10 heteroatoms. The number of ether oxygens (including phenoxy) is 2. The lowest BCUT2D eigenvalue weighted by molar-refractivity contribution is -0.137. The molecule has 3 amide bonds. The third-order valence-electron chi connectivity index (χ3n) is 4.81. The maximum atomic E-state index is 13.1. The van der Waals surface area contributed by atoms with E-state index in [-0.39, 0.29) is 12.2 Å². The van der Waals surface area contributed by atoms with Gasteiger partial charge in [0, 0.05) is 30.2 Å². The van der Waals surface area contributed by atoms with Gasteiger partial charge in [0.2, 0.25) is 0 Å². The monoisotopic (exact) mass is 451 g/mol. The van der Waals surface area contributed by atoms with Crippen molar-refractivity contribution in [3.8, 4) is 0 Å². The van der Waals surface area contributed by atoms with Gasteiger partial charge in [0.25, 0.3) is 5.91 Å². The van der Waals surface area contributed by atoms with Crippen LogP contribution >= 0.6 is 0 Å². The largest absolute Gasteiger partial charge is 0.416 e. The molecule has 0 bridgehead atoms. The van der Waals surface area contributed by atoms with Gasteiger partial charge in [-0.15, -0.1) is 0 Å². The number of urea groups is 1. The zero-order valence-corrected chi connectivity index (χ0v) is 17.6. The van der Waals surface area contributed by atoms with E-state index in [1.165, 1.54) is 17.0 Å². The molecule has 2 aromatic rings. The van der Waals surface area contributed by atoms with Gasteiger partial charge in [-0.25, -0.2) is 4.79 Å². The summed E-state index contributed by atoms with van der Waals surface area (Å²) in [5.41, 5.74) is 0.247. The summed E-state index contributed by atoms with van der Waals surface area (Å²) in [7, 11) is 0. The van der Waals surface area contributed by atoms with Crippen LogP contribution in [-0.2, 0) is 20.4 Å². The van der Waals surface area contributed by atoms with Gasteiger partial charge < -0.3 is 25.0 Å². The van der Waals surface area contributed by atoms with Gasteiger partial charge >= 0.3 is 12.2 Å². The fourth-order valence-corrected chi connectivity index (χ4v) is 3.46. The predicted octanol–water partition coefficient (Wildman–Crippen LogP) is 4.31. The fourth-order valence-electron chi connectivity index (χ4n) is 3.46. The smallest absolute Gasteiger partial charge is 0.351 e. The Balaban J connectivity index is 1.75. The van der Waals surface area contributed by atoms with Crippen LogP contribution in [0.25, 0.3) is 0 Å². The molecule has 1 atom stereocenters. The maximum absolute atomic E-state index is 13.1. The van der Waals surface area contributed by atoms with Crippen LogP contribution in [0, 0.1) is 0 Å². The SMILES string of the molecule is CCOC(CN1C(=O)C(NC(=O)Nc2cccc(C(F)(F)F)c2)c2ccccc21)OCC. The van der Waals surface area contributed by atoms with Crippen LogP contribution in [0.15, 0.2) is 48.5 Å². The zero-order valence-electron chi connectivity index (χ0n) is 17.6. The average molecular weight is 451 g/mol. The Morgan fingerprint density at radius 3 is 2.44 bits per heavy atom. The van der Waals surface area contributed by atoms with E-state index in [0.717, 1.165) is 12.1 Å². The molecule has 0 fully saturated rings. The van der Waals surface area contributed by atoms with Crippen molar-refractivity contribution >= 4 is 23.3 Å². The van der Waals surface area contributed by atoms with Crippen LogP contribution in [0.3, 0.4) is 0 Å². The van der Waals surface area contributed by atoms with E-state index in [1.54, 1.807) is 24.3 Å². The molecule has 1 unspecified atom stereocenters. The average Bonchev–Trinajstić information content (AvgIpc) is 2.99. The Bertz CT molecular complexity index is 961. The minimum absolute atomic E-state index is 0.0410. The highest BCUT2D eigenvalue weighted by atomic mass is 19.4. The number of hydrogen-bond donors (Lipinski definition) is 2. The summed E-state index contributed by atoms with van der Waals surface area (Å²) in [5, 5.41) is 4.91. The summed E-state index contributed by atoms with van der Waals surface area (Å²) in [6, 6.07) is 9.41. The summed E-state index contributed by atoms with van der Waals surface area (Å²) in [4.78, 5) is 27.1. The molecule has 0 aliphatic carbocycles. The van der Waals surface area contributed by atoms with E-state index in [1.807, 2.05) is 13.8 Å². The second-order valence-corrected chi connectivity index (χ2v) is 6.96. The molecule has 0 spiro atoms. The zero-order chi connectivity index (χ0) is 23.3. The first-order valence-electron chi connectivity index (χ1n) is 10.1. The molecule has 2 N–H and O–H groups in total. The van der Waals surface area contributed by atoms with E-state index in [2.05, 4.69) is 10.6 Å². The van der Waals surface area contributed by atoms with Crippen molar-refractivity contribution in [2.24, 2.45) is 0 Å².